The van der Waals surface area contributed by atoms with Gasteiger partial charge in [0.05, 0.1) is 44.5 Å². The number of benzene rings is 15. The highest BCUT2D eigenvalue weighted by Gasteiger charge is 2.23. The van der Waals surface area contributed by atoms with E-state index in [0.29, 0.717) is 0 Å². The second kappa shape index (κ2) is 29.1. The Morgan fingerprint density at radius 3 is 0.844 bits per heavy atom. The van der Waals surface area contributed by atoms with E-state index in [2.05, 4.69) is 343 Å². The van der Waals surface area contributed by atoms with Gasteiger partial charge in [-0.1, -0.05) is 182 Å². The van der Waals surface area contributed by atoms with Crippen molar-refractivity contribution >= 4 is 175 Å². The molecule has 13 heterocycles. The number of furan rings is 4. The van der Waals surface area contributed by atoms with E-state index in [9.17, 15) is 0 Å². The molecular formula is C115H69N9O4. The predicted octanol–water partition coefficient (Wildman–Crippen LogP) is 30.4. The first-order valence-corrected chi connectivity index (χ1v) is 42.8. The summed E-state index contributed by atoms with van der Waals surface area (Å²) in [7, 11) is 0. The van der Waals surface area contributed by atoms with Gasteiger partial charge in [0.2, 0.25) is 0 Å². The maximum Gasteiger partial charge on any atom is 0.145 e. The smallest absolute Gasteiger partial charge is 0.145 e. The van der Waals surface area contributed by atoms with Gasteiger partial charge in [-0.2, -0.15) is 0 Å². The van der Waals surface area contributed by atoms with E-state index in [1.54, 1.807) is 0 Å². The highest BCUT2D eigenvalue weighted by atomic mass is 16.3. The quantitative estimate of drug-likeness (QED) is 0.138. The fourth-order valence-electron chi connectivity index (χ4n) is 19.6. The lowest BCUT2D eigenvalue weighted by atomic mass is 9.96. The minimum Gasteiger partial charge on any atom is -0.456 e. The van der Waals surface area contributed by atoms with Gasteiger partial charge in [-0.15, -0.1) is 0 Å². The summed E-state index contributed by atoms with van der Waals surface area (Å²) in [6.45, 7) is 0. The van der Waals surface area contributed by atoms with Crippen molar-refractivity contribution in [2.24, 2.45) is 0 Å². The molecule has 598 valence electrons. The fourth-order valence-corrected chi connectivity index (χ4v) is 19.6. The molecule has 13 aromatic heterocycles. The second-order valence-electron chi connectivity index (χ2n) is 32.7. The summed E-state index contributed by atoms with van der Waals surface area (Å²) in [5, 5.41) is 18.1. The molecule has 28 aromatic rings. The first kappa shape index (κ1) is 72.1. The fraction of sp³-hybridized carbons (Fsp3) is 0. The van der Waals surface area contributed by atoms with Gasteiger partial charge in [0.25, 0.3) is 0 Å². The standard InChI is InChI=1S/C40H24N4O.C40H23N3O2.C35H22N2O/c1-4-14-35-29(9-1)32-12-7-19-41-39(32)43(35)27-21-26(25-17-18-38-34(23-25)31-11-3-6-16-37(31)45-38)22-28(24-27)44-36-15-5-2-10-30(36)33-13-8-20-42-40(33)44;1-3-7-37-29(5-1)31-20-24(9-11-39(31)44-37)26-17-27(25-10-12-40-32(21-25)30-6-2-4-8-38(30)45-40)19-28(18-26)43-35-13-15-41-22-33(35)34-23-42-16-14-36(34)43;1-3-13-32-28(11-1)31-22-36-18-17-33(31)37(32)27-10-6-9-25(20-27)23-7-5-8-24(19-23)26-15-16-35-30(21-26)29-12-2-4-14-34(29)38-35/h1-24H;1-23H;1-22H. The van der Waals surface area contributed by atoms with Crippen LogP contribution in [0.15, 0.2) is 437 Å². The summed E-state index contributed by atoms with van der Waals surface area (Å²) in [6, 6.07) is 130. The second-order valence-corrected chi connectivity index (χ2v) is 32.7. The Labute approximate surface area is 729 Å². The first-order chi connectivity index (χ1) is 63.4. The van der Waals surface area contributed by atoms with Gasteiger partial charge in [-0.05, 0) is 244 Å². The minimum absolute atomic E-state index is 0.884. The number of fused-ring (bicyclic) bond motifs is 24. The monoisotopic (exact) mass is 1640 g/mol. The van der Waals surface area contributed by atoms with Crippen LogP contribution in [-0.2, 0) is 0 Å². The molecule has 15 aromatic carbocycles. The molecule has 0 radical (unpaired) electrons. The molecule has 13 nitrogen and oxygen atoms in total. The molecule has 0 unspecified atom stereocenters. The van der Waals surface area contributed by atoms with Crippen LogP contribution in [-0.4, -0.2) is 43.2 Å². The molecule has 128 heavy (non-hydrogen) atoms. The zero-order valence-corrected chi connectivity index (χ0v) is 68.5. The van der Waals surface area contributed by atoms with E-state index in [4.69, 9.17) is 27.6 Å². The highest BCUT2D eigenvalue weighted by Crippen LogP contribution is 2.45. The average molecular weight is 1640 g/mol. The van der Waals surface area contributed by atoms with Crippen molar-refractivity contribution in [1.29, 1.82) is 0 Å². The van der Waals surface area contributed by atoms with Crippen molar-refractivity contribution in [3.63, 3.8) is 0 Å². The van der Waals surface area contributed by atoms with E-state index in [1.165, 1.54) is 43.9 Å². The van der Waals surface area contributed by atoms with Crippen molar-refractivity contribution in [1.82, 2.24) is 43.2 Å². The van der Waals surface area contributed by atoms with Gasteiger partial charge in [-0.25, -0.2) is 9.97 Å². The van der Waals surface area contributed by atoms with Crippen molar-refractivity contribution in [2.75, 3.05) is 0 Å². The molecule has 0 aliphatic rings. The lowest BCUT2D eigenvalue weighted by Gasteiger charge is -2.15. The van der Waals surface area contributed by atoms with Gasteiger partial charge in [0, 0.05) is 147 Å². The Hall–Kier alpha value is -17.6. The molecule has 0 fully saturated rings. The zero-order valence-electron chi connectivity index (χ0n) is 68.5. The molecule has 13 heteroatoms. The van der Waals surface area contributed by atoms with Crippen LogP contribution >= 0.6 is 0 Å². The largest absolute Gasteiger partial charge is 0.456 e. The molecule has 0 saturated carbocycles. The predicted molar refractivity (Wildman–Crippen MR) is 522 cm³/mol. The van der Waals surface area contributed by atoms with Crippen LogP contribution in [0.1, 0.15) is 0 Å². The maximum absolute atomic E-state index is 6.18. The number of hydrogen-bond acceptors (Lipinski definition) is 9. The van der Waals surface area contributed by atoms with Crippen LogP contribution in [0.25, 0.3) is 254 Å². The molecule has 0 atom stereocenters. The Bertz CT molecular complexity index is 8940. The van der Waals surface area contributed by atoms with Crippen molar-refractivity contribution in [2.45, 2.75) is 0 Å². The van der Waals surface area contributed by atoms with E-state index in [-0.39, 0.29) is 0 Å². The third-order valence-corrected chi connectivity index (χ3v) is 25.4. The van der Waals surface area contributed by atoms with E-state index in [0.717, 1.165) is 210 Å². The Morgan fingerprint density at radius 1 is 0.156 bits per heavy atom. The first-order valence-electron chi connectivity index (χ1n) is 42.8. The SMILES string of the molecule is c1cc(-c2cccc(-n3c4ccccc4c4cnccc43)c2)cc(-c2ccc3oc4ccccc4c3c2)c1.c1ccc2c(c1)oc1ccc(-c3cc(-c4ccc5oc6ccccc6c5c4)cc(-n4c5ccncc5c5cnccc54)c3)cc12.c1ccc2c(c1)oc1ccc(-c3cc(-n4c5ccccc5c5cccnc54)cc(-n4c5ccccc5c5cccnc54)c3)cc12. The van der Waals surface area contributed by atoms with Crippen LogP contribution in [0, 0.1) is 0 Å². The number of para-hydroxylation sites is 7. The van der Waals surface area contributed by atoms with Crippen LogP contribution in [0.4, 0.5) is 0 Å². The van der Waals surface area contributed by atoms with E-state index >= 15 is 0 Å². The summed E-state index contributed by atoms with van der Waals surface area (Å²) < 4.78 is 33.7. The maximum atomic E-state index is 6.18. The Kier molecular flexibility index (Phi) is 16.4. The molecule has 0 spiro atoms. The van der Waals surface area contributed by atoms with Gasteiger partial charge < -0.3 is 26.8 Å². The lowest BCUT2D eigenvalue weighted by molar-refractivity contribution is 0.668. The van der Waals surface area contributed by atoms with Crippen LogP contribution < -0.4 is 0 Å². The Balaban J connectivity index is 0.000000102. The summed E-state index contributed by atoms with van der Waals surface area (Å²) in [4.78, 5) is 23.0. The summed E-state index contributed by atoms with van der Waals surface area (Å²) in [6.07, 6.45) is 15.1. The zero-order chi connectivity index (χ0) is 84.0. The number of aromatic nitrogens is 9. The summed E-state index contributed by atoms with van der Waals surface area (Å²) in [5.41, 5.74) is 31.5. The number of nitrogens with zero attached hydrogens (tertiary/aromatic N) is 9. The number of hydrogen-bond donors (Lipinski definition) is 0. The van der Waals surface area contributed by atoms with Gasteiger partial charge in [0.1, 0.15) is 56.0 Å². The normalized spacial score (nSPS) is 11.9. The Morgan fingerprint density at radius 2 is 0.430 bits per heavy atom. The van der Waals surface area contributed by atoms with Crippen molar-refractivity contribution in [3.8, 4) is 78.4 Å². The van der Waals surface area contributed by atoms with E-state index in [1.807, 2.05) is 110 Å². The highest BCUT2D eigenvalue weighted by molar-refractivity contribution is 6.15. The molecule has 0 amide bonds. The third-order valence-electron chi connectivity index (χ3n) is 25.4. The van der Waals surface area contributed by atoms with Crippen LogP contribution in [0.2, 0.25) is 0 Å². The molecule has 0 aliphatic carbocycles. The molecule has 0 bridgehead atoms. The number of pyridine rings is 5. The van der Waals surface area contributed by atoms with Crippen molar-refractivity contribution in [3.05, 3.63) is 420 Å². The molecule has 0 saturated heterocycles. The molecule has 0 N–H and O–H groups in total. The van der Waals surface area contributed by atoms with E-state index < -0.39 is 0 Å². The summed E-state index contributed by atoms with van der Waals surface area (Å²) in [5.74, 6) is 0. The van der Waals surface area contributed by atoms with Gasteiger partial charge in [-0.3, -0.25) is 24.1 Å². The van der Waals surface area contributed by atoms with Gasteiger partial charge in [0.15, 0.2) is 0 Å². The molecule has 28 rings (SSSR count). The van der Waals surface area contributed by atoms with Crippen LogP contribution in [0.5, 0.6) is 0 Å². The summed E-state index contributed by atoms with van der Waals surface area (Å²) >= 11 is 0. The number of rotatable bonds is 9. The molecule has 0 aliphatic heterocycles. The van der Waals surface area contributed by atoms with Crippen molar-refractivity contribution < 1.29 is 17.7 Å². The third kappa shape index (κ3) is 11.7. The average Bonchev–Trinajstić information content (AvgIpc) is 1.57. The minimum atomic E-state index is 0.884. The molecular weight excluding hydrogens is 1570 g/mol. The topological polar surface area (TPSA) is 137 Å². The lowest BCUT2D eigenvalue weighted by Crippen LogP contribution is -2.01. The van der Waals surface area contributed by atoms with Gasteiger partial charge >= 0.3 is 0 Å². The van der Waals surface area contributed by atoms with Crippen LogP contribution in [0.3, 0.4) is 0 Å².